The van der Waals surface area contributed by atoms with Gasteiger partial charge in [0.15, 0.2) is 0 Å². The number of hydrogen-bond donors (Lipinski definition) is 1. The molecule has 0 radical (unpaired) electrons. The Morgan fingerprint density at radius 1 is 0.938 bits per heavy atom. The molecule has 0 atom stereocenters. The van der Waals surface area contributed by atoms with Crippen LogP contribution >= 0.6 is 0 Å². The van der Waals surface area contributed by atoms with Gasteiger partial charge in [-0.3, -0.25) is 0 Å². The average Bonchev–Trinajstić information content (AvgIpc) is 2.31. The molecule has 1 heteroatoms. The Bertz CT molecular complexity index is 388. The minimum Gasteiger partial charge on any atom is -0.508 e. The van der Waals surface area contributed by atoms with Gasteiger partial charge in [-0.2, -0.15) is 0 Å². The van der Waals surface area contributed by atoms with E-state index in [9.17, 15) is 5.11 Å². The number of phenols is 1. The molecule has 0 amide bonds. The van der Waals surface area contributed by atoms with E-state index in [0.717, 1.165) is 0 Å². The first-order valence-corrected chi connectivity index (χ1v) is 6.58. The summed E-state index contributed by atoms with van der Waals surface area (Å²) in [7, 11) is 0. The van der Waals surface area contributed by atoms with Crippen LogP contribution in [0.5, 0.6) is 5.75 Å². The largest absolute Gasteiger partial charge is 0.508 e. The standard InChI is InChI=1S/C15H20O/c16-14-5-4-13-11-15(7-2-1-3-8-15)9-6-12(13)10-14/h4-5,10,16H,1-3,6-9,11H2. The molecule has 0 aliphatic heterocycles. The van der Waals surface area contributed by atoms with Crippen molar-refractivity contribution < 1.29 is 5.11 Å². The van der Waals surface area contributed by atoms with Crippen molar-refractivity contribution in [3.63, 3.8) is 0 Å². The van der Waals surface area contributed by atoms with Crippen LogP contribution < -0.4 is 0 Å². The van der Waals surface area contributed by atoms with Gasteiger partial charge in [-0.15, -0.1) is 0 Å². The van der Waals surface area contributed by atoms with Gasteiger partial charge in [0.25, 0.3) is 0 Å². The molecule has 0 saturated heterocycles. The highest BCUT2D eigenvalue weighted by molar-refractivity contribution is 5.37. The molecular weight excluding hydrogens is 196 g/mol. The summed E-state index contributed by atoms with van der Waals surface area (Å²) in [6.45, 7) is 0. The summed E-state index contributed by atoms with van der Waals surface area (Å²) in [6, 6.07) is 5.95. The molecule has 2 aliphatic carbocycles. The summed E-state index contributed by atoms with van der Waals surface area (Å²) in [4.78, 5) is 0. The van der Waals surface area contributed by atoms with Gasteiger partial charge in [-0.05, 0) is 60.8 Å². The van der Waals surface area contributed by atoms with E-state index >= 15 is 0 Å². The molecule has 1 spiro atoms. The first-order valence-electron chi connectivity index (χ1n) is 6.58. The second kappa shape index (κ2) is 3.80. The third-order valence-corrected chi connectivity index (χ3v) is 4.59. The Morgan fingerprint density at radius 3 is 2.56 bits per heavy atom. The fourth-order valence-electron chi connectivity index (χ4n) is 3.64. The molecule has 1 aromatic carbocycles. The van der Waals surface area contributed by atoms with Crippen molar-refractivity contribution in [1.82, 2.24) is 0 Å². The molecule has 16 heavy (non-hydrogen) atoms. The minimum atomic E-state index is 0.429. The van der Waals surface area contributed by atoms with E-state index < -0.39 is 0 Å². The van der Waals surface area contributed by atoms with Crippen LogP contribution in [-0.2, 0) is 12.8 Å². The number of hydrogen-bond acceptors (Lipinski definition) is 1. The highest BCUT2D eigenvalue weighted by Crippen LogP contribution is 2.46. The molecule has 0 aromatic heterocycles. The number of phenolic OH excluding ortho intramolecular Hbond substituents is 1. The highest BCUT2D eigenvalue weighted by Gasteiger charge is 2.35. The smallest absolute Gasteiger partial charge is 0.115 e. The van der Waals surface area contributed by atoms with Crippen LogP contribution in [0.15, 0.2) is 18.2 Å². The van der Waals surface area contributed by atoms with Gasteiger partial charge < -0.3 is 5.11 Å². The Kier molecular flexibility index (Phi) is 2.42. The molecule has 0 unspecified atom stereocenters. The van der Waals surface area contributed by atoms with Crippen LogP contribution in [0, 0.1) is 5.41 Å². The Morgan fingerprint density at radius 2 is 1.75 bits per heavy atom. The molecule has 3 rings (SSSR count). The van der Waals surface area contributed by atoms with Gasteiger partial charge in [0, 0.05) is 0 Å². The lowest BCUT2D eigenvalue weighted by molar-refractivity contribution is 0.162. The SMILES string of the molecule is Oc1ccc2c(c1)CCC1(CCCCC1)C2. The van der Waals surface area contributed by atoms with E-state index in [2.05, 4.69) is 6.07 Å². The van der Waals surface area contributed by atoms with E-state index in [1.54, 1.807) is 0 Å². The third-order valence-electron chi connectivity index (χ3n) is 4.59. The van der Waals surface area contributed by atoms with Gasteiger partial charge in [0.05, 0.1) is 0 Å². The molecule has 1 nitrogen and oxygen atoms in total. The Labute approximate surface area is 97.5 Å². The fraction of sp³-hybridized carbons (Fsp3) is 0.600. The molecule has 1 saturated carbocycles. The molecule has 0 heterocycles. The van der Waals surface area contributed by atoms with Crippen molar-refractivity contribution in [2.24, 2.45) is 5.41 Å². The zero-order valence-electron chi connectivity index (χ0n) is 9.84. The first kappa shape index (κ1) is 10.2. The van der Waals surface area contributed by atoms with Crippen molar-refractivity contribution in [1.29, 1.82) is 0 Å². The van der Waals surface area contributed by atoms with Gasteiger partial charge in [-0.1, -0.05) is 25.3 Å². The molecule has 1 N–H and O–H groups in total. The van der Waals surface area contributed by atoms with Gasteiger partial charge in [0.2, 0.25) is 0 Å². The summed E-state index contributed by atoms with van der Waals surface area (Å²) in [5.74, 6) is 0.429. The van der Waals surface area contributed by atoms with Crippen LogP contribution in [0.25, 0.3) is 0 Å². The maximum absolute atomic E-state index is 9.49. The molecule has 86 valence electrons. The van der Waals surface area contributed by atoms with Gasteiger partial charge in [0.1, 0.15) is 5.75 Å². The Hall–Kier alpha value is -0.980. The fourth-order valence-corrected chi connectivity index (χ4v) is 3.64. The van der Waals surface area contributed by atoms with Crippen molar-refractivity contribution in [2.75, 3.05) is 0 Å². The summed E-state index contributed by atoms with van der Waals surface area (Å²) >= 11 is 0. The maximum Gasteiger partial charge on any atom is 0.115 e. The number of aromatic hydroxyl groups is 1. The number of aryl methyl sites for hydroxylation is 1. The zero-order valence-corrected chi connectivity index (χ0v) is 9.84. The molecule has 1 aromatic rings. The van der Waals surface area contributed by atoms with Crippen LogP contribution in [0.1, 0.15) is 49.7 Å². The van der Waals surface area contributed by atoms with Crippen LogP contribution in [0.2, 0.25) is 0 Å². The quantitative estimate of drug-likeness (QED) is 0.698. The van der Waals surface area contributed by atoms with Gasteiger partial charge >= 0.3 is 0 Å². The molecule has 0 bridgehead atoms. The van der Waals surface area contributed by atoms with E-state index in [1.807, 2.05) is 12.1 Å². The van der Waals surface area contributed by atoms with Crippen LogP contribution in [-0.4, -0.2) is 5.11 Å². The zero-order chi connectivity index (χ0) is 11.0. The third kappa shape index (κ3) is 1.73. The minimum absolute atomic E-state index is 0.429. The van der Waals surface area contributed by atoms with Crippen molar-refractivity contribution in [2.45, 2.75) is 51.4 Å². The molecular formula is C15H20O. The molecule has 2 aliphatic rings. The number of fused-ring (bicyclic) bond motifs is 1. The lowest BCUT2D eigenvalue weighted by Gasteiger charge is -2.41. The monoisotopic (exact) mass is 216 g/mol. The van der Waals surface area contributed by atoms with E-state index in [1.165, 1.54) is 62.5 Å². The van der Waals surface area contributed by atoms with E-state index in [4.69, 9.17) is 0 Å². The second-order valence-corrected chi connectivity index (χ2v) is 5.69. The summed E-state index contributed by atoms with van der Waals surface area (Å²) in [5, 5.41) is 9.49. The Balaban J connectivity index is 1.88. The van der Waals surface area contributed by atoms with Crippen molar-refractivity contribution >= 4 is 0 Å². The lowest BCUT2D eigenvalue weighted by atomic mass is 9.64. The topological polar surface area (TPSA) is 20.2 Å². The first-order chi connectivity index (χ1) is 7.77. The van der Waals surface area contributed by atoms with Gasteiger partial charge in [-0.25, -0.2) is 0 Å². The normalized spacial score (nSPS) is 23.0. The predicted octanol–water partition coefficient (Wildman–Crippen LogP) is 3.83. The van der Waals surface area contributed by atoms with Crippen LogP contribution in [0.4, 0.5) is 0 Å². The summed E-state index contributed by atoms with van der Waals surface area (Å²) < 4.78 is 0. The highest BCUT2D eigenvalue weighted by atomic mass is 16.3. The van der Waals surface area contributed by atoms with Crippen molar-refractivity contribution in [3.05, 3.63) is 29.3 Å². The van der Waals surface area contributed by atoms with E-state index in [-0.39, 0.29) is 0 Å². The average molecular weight is 216 g/mol. The summed E-state index contributed by atoms with van der Waals surface area (Å²) in [6.07, 6.45) is 10.9. The number of benzene rings is 1. The van der Waals surface area contributed by atoms with Crippen LogP contribution in [0.3, 0.4) is 0 Å². The predicted molar refractivity (Wildman–Crippen MR) is 65.6 cm³/mol. The lowest BCUT2D eigenvalue weighted by Crippen LogP contribution is -2.31. The second-order valence-electron chi connectivity index (χ2n) is 5.69. The summed E-state index contributed by atoms with van der Waals surface area (Å²) in [5.41, 5.74) is 3.49. The van der Waals surface area contributed by atoms with E-state index in [0.29, 0.717) is 11.2 Å². The maximum atomic E-state index is 9.49. The van der Waals surface area contributed by atoms with Crippen molar-refractivity contribution in [3.8, 4) is 5.75 Å². The molecule has 1 fully saturated rings. The number of rotatable bonds is 0.